The molecule has 0 saturated carbocycles. The lowest BCUT2D eigenvalue weighted by Crippen LogP contribution is -2.46. The molecule has 0 unspecified atom stereocenters. The molecule has 0 bridgehead atoms. The van der Waals surface area contributed by atoms with E-state index in [0.717, 1.165) is 5.56 Å². The largest absolute Gasteiger partial charge is 0.494 e. The Hall–Kier alpha value is -3.16. The Morgan fingerprint density at radius 1 is 1.18 bits per heavy atom. The minimum Gasteiger partial charge on any atom is -0.494 e. The molecule has 2 aliphatic heterocycles. The molecule has 1 atom stereocenters. The van der Waals surface area contributed by atoms with E-state index in [1.165, 1.54) is 25.3 Å². The number of piperidine rings is 1. The standard InChI is InChI=1S/C26H30F2N2O4/c1-33-23-15-18(5-6-22(23)28)17-26(11-7-24(31)29-26)12-8-25(32)30-13-9-20(10-14-30)34-21-4-2-3-19(27)16-21/h2-6,15-16,20H,7-14,17H2,1H3,(H,29,31)/t26-/m1/s1. The molecule has 0 aliphatic carbocycles. The maximum atomic E-state index is 13.8. The summed E-state index contributed by atoms with van der Waals surface area (Å²) in [4.78, 5) is 26.8. The van der Waals surface area contributed by atoms with Crippen LogP contribution in [0.5, 0.6) is 11.5 Å². The summed E-state index contributed by atoms with van der Waals surface area (Å²) < 4.78 is 38.1. The Bertz CT molecular complexity index is 1040. The highest BCUT2D eigenvalue weighted by Gasteiger charge is 2.38. The molecule has 2 aromatic rings. The first-order chi connectivity index (χ1) is 16.4. The lowest BCUT2D eigenvalue weighted by molar-refractivity contribution is -0.133. The maximum absolute atomic E-state index is 13.8. The molecule has 6 nitrogen and oxygen atoms in total. The second-order valence-electron chi connectivity index (χ2n) is 9.13. The monoisotopic (exact) mass is 472 g/mol. The van der Waals surface area contributed by atoms with Crippen molar-refractivity contribution in [3.8, 4) is 11.5 Å². The SMILES string of the molecule is COc1cc(C[C@]2(CCC(=O)N3CCC(Oc4cccc(F)c4)CC3)CCC(=O)N2)ccc1F. The first kappa shape index (κ1) is 24.0. The van der Waals surface area contributed by atoms with Crippen molar-refractivity contribution in [2.24, 2.45) is 0 Å². The van der Waals surface area contributed by atoms with Crippen molar-refractivity contribution >= 4 is 11.8 Å². The second-order valence-corrected chi connectivity index (χ2v) is 9.13. The molecule has 2 saturated heterocycles. The highest BCUT2D eigenvalue weighted by molar-refractivity contribution is 5.80. The maximum Gasteiger partial charge on any atom is 0.222 e. The first-order valence-corrected chi connectivity index (χ1v) is 11.7. The zero-order chi connectivity index (χ0) is 24.1. The van der Waals surface area contributed by atoms with Gasteiger partial charge in [0.2, 0.25) is 11.8 Å². The normalized spacial score (nSPS) is 20.8. The number of hydrogen-bond acceptors (Lipinski definition) is 4. The Balaban J connectivity index is 1.31. The molecule has 2 aliphatic rings. The van der Waals surface area contributed by atoms with Gasteiger partial charge in [-0.05, 0) is 49.1 Å². The molecular formula is C26H30F2N2O4. The number of rotatable bonds is 8. The smallest absolute Gasteiger partial charge is 0.222 e. The summed E-state index contributed by atoms with van der Waals surface area (Å²) in [5, 5.41) is 3.07. The summed E-state index contributed by atoms with van der Waals surface area (Å²) in [7, 11) is 1.42. The van der Waals surface area contributed by atoms with Gasteiger partial charge in [-0.25, -0.2) is 8.78 Å². The van der Waals surface area contributed by atoms with Crippen LogP contribution in [0.4, 0.5) is 8.78 Å². The summed E-state index contributed by atoms with van der Waals surface area (Å²) in [5.41, 5.74) is 0.317. The van der Waals surface area contributed by atoms with E-state index < -0.39 is 11.4 Å². The van der Waals surface area contributed by atoms with Crippen LogP contribution < -0.4 is 14.8 Å². The van der Waals surface area contributed by atoms with Gasteiger partial charge in [0, 0.05) is 50.4 Å². The van der Waals surface area contributed by atoms with Gasteiger partial charge in [0.1, 0.15) is 17.7 Å². The van der Waals surface area contributed by atoms with Gasteiger partial charge in [0.25, 0.3) is 0 Å². The van der Waals surface area contributed by atoms with Crippen molar-refractivity contribution in [3.63, 3.8) is 0 Å². The molecule has 0 radical (unpaired) electrons. The van der Waals surface area contributed by atoms with Crippen molar-refractivity contribution in [3.05, 3.63) is 59.7 Å². The van der Waals surface area contributed by atoms with Gasteiger partial charge >= 0.3 is 0 Å². The Kier molecular flexibility index (Phi) is 7.34. The van der Waals surface area contributed by atoms with Crippen LogP contribution in [0.15, 0.2) is 42.5 Å². The number of likely N-dealkylation sites (tertiary alicyclic amines) is 1. The van der Waals surface area contributed by atoms with E-state index in [0.29, 0.717) is 63.8 Å². The topological polar surface area (TPSA) is 67.9 Å². The van der Waals surface area contributed by atoms with Crippen LogP contribution in [0.25, 0.3) is 0 Å². The molecule has 0 spiro atoms. The fraction of sp³-hybridized carbons (Fsp3) is 0.462. The lowest BCUT2D eigenvalue weighted by Gasteiger charge is -2.34. The number of benzene rings is 2. The Morgan fingerprint density at radius 3 is 2.65 bits per heavy atom. The Morgan fingerprint density at radius 2 is 1.97 bits per heavy atom. The highest BCUT2D eigenvalue weighted by Crippen LogP contribution is 2.32. The molecule has 8 heteroatoms. The van der Waals surface area contributed by atoms with Crippen molar-refractivity contribution in [1.29, 1.82) is 0 Å². The number of amides is 2. The van der Waals surface area contributed by atoms with E-state index in [4.69, 9.17) is 9.47 Å². The third-order valence-corrected chi connectivity index (χ3v) is 6.70. The van der Waals surface area contributed by atoms with Gasteiger partial charge in [-0.1, -0.05) is 12.1 Å². The summed E-state index contributed by atoms with van der Waals surface area (Å²) in [6.45, 7) is 1.15. The van der Waals surface area contributed by atoms with Crippen LogP contribution in [-0.4, -0.2) is 48.6 Å². The highest BCUT2D eigenvalue weighted by atomic mass is 19.1. The van der Waals surface area contributed by atoms with Crippen molar-refractivity contribution in [2.75, 3.05) is 20.2 Å². The number of ether oxygens (including phenoxy) is 2. The predicted octanol–water partition coefficient (Wildman–Crippen LogP) is 4.01. The van der Waals surface area contributed by atoms with Gasteiger partial charge in [-0.2, -0.15) is 0 Å². The number of hydrogen-bond donors (Lipinski definition) is 1. The fourth-order valence-electron chi connectivity index (χ4n) is 4.85. The molecule has 2 fully saturated rings. The molecule has 182 valence electrons. The van der Waals surface area contributed by atoms with Crippen molar-refractivity contribution in [1.82, 2.24) is 10.2 Å². The minimum atomic E-state index is -0.533. The van der Waals surface area contributed by atoms with E-state index >= 15 is 0 Å². The minimum absolute atomic E-state index is 0.0307. The summed E-state index contributed by atoms with van der Waals surface area (Å²) in [5.74, 6) is -0.0939. The van der Waals surface area contributed by atoms with Crippen LogP contribution in [0.1, 0.15) is 44.1 Å². The van der Waals surface area contributed by atoms with E-state index in [-0.39, 0.29) is 29.5 Å². The summed E-state index contributed by atoms with van der Waals surface area (Å²) in [6.07, 6.45) is 3.67. The lowest BCUT2D eigenvalue weighted by atomic mass is 9.84. The number of carbonyl (C=O) groups is 2. The van der Waals surface area contributed by atoms with Crippen LogP contribution >= 0.6 is 0 Å². The number of methoxy groups -OCH3 is 1. The zero-order valence-corrected chi connectivity index (χ0v) is 19.3. The van der Waals surface area contributed by atoms with E-state index in [1.54, 1.807) is 24.3 Å². The van der Waals surface area contributed by atoms with Crippen molar-refractivity contribution < 1.29 is 27.8 Å². The molecule has 2 heterocycles. The van der Waals surface area contributed by atoms with Gasteiger partial charge in [-0.15, -0.1) is 0 Å². The summed E-state index contributed by atoms with van der Waals surface area (Å²) in [6, 6.07) is 10.8. The van der Waals surface area contributed by atoms with Crippen LogP contribution in [0.3, 0.4) is 0 Å². The van der Waals surface area contributed by atoms with Gasteiger partial charge < -0.3 is 19.7 Å². The molecule has 1 N–H and O–H groups in total. The molecular weight excluding hydrogens is 442 g/mol. The fourth-order valence-corrected chi connectivity index (χ4v) is 4.85. The van der Waals surface area contributed by atoms with E-state index in [1.807, 2.05) is 4.90 Å². The number of halogens is 2. The average Bonchev–Trinajstić information content (AvgIpc) is 3.19. The van der Waals surface area contributed by atoms with Crippen LogP contribution in [0.2, 0.25) is 0 Å². The quantitative estimate of drug-likeness (QED) is 0.630. The predicted molar refractivity (Wildman–Crippen MR) is 123 cm³/mol. The van der Waals surface area contributed by atoms with Gasteiger partial charge in [-0.3, -0.25) is 9.59 Å². The molecule has 0 aromatic heterocycles. The first-order valence-electron chi connectivity index (χ1n) is 11.7. The van der Waals surface area contributed by atoms with E-state index in [9.17, 15) is 18.4 Å². The third kappa shape index (κ3) is 5.85. The van der Waals surface area contributed by atoms with Crippen LogP contribution in [-0.2, 0) is 16.0 Å². The number of carbonyl (C=O) groups excluding carboxylic acids is 2. The molecule has 4 rings (SSSR count). The zero-order valence-electron chi connectivity index (χ0n) is 19.3. The molecule has 2 amide bonds. The molecule has 34 heavy (non-hydrogen) atoms. The van der Waals surface area contributed by atoms with Gasteiger partial charge in [0.15, 0.2) is 11.6 Å². The van der Waals surface area contributed by atoms with E-state index in [2.05, 4.69) is 5.32 Å². The Labute approximate surface area is 198 Å². The molecule has 2 aromatic carbocycles. The van der Waals surface area contributed by atoms with Crippen molar-refractivity contribution in [2.45, 2.75) is 56.6 Å². The number of nitrogens with one attached hydrogen (secondary N) is 1. The summed E-state index contributed by atoms with van der Waals surface area (Å²) >= 11 is 0. The second kappa shape index (κ2) is 10.4. The average molecular weight is 473 g/mol. The number of nitrogens with zero attached hydrogens (tertiary/aromatic N) is 1. The van der Waals surface area contributed by atoms with Gasteiger partial charge in [0.05, 0.1) is 7.11 Å². The third-order valence-electron chi connectivity index (χ3n) is 6.70. The van der Waals surface area contributed by atoms with Crippen LogP contribution in [0, 0.1) is 11.6 Å².